The number of carboxylic acids is 1. The van der Waals surface area contributed by atoms with Gasteiger partial charge in [-0.2, -0.15) is 0 Å². The van der Waals surface area contributed by atoms with Crippen molar-refractivity contribution in [2.24, 2.45) is 0 Å². The molecule has 0 amide bonds. The smallest absolute Gasteiger partial charge is 0.335 e. The zero-order chi connectivity index (χ0) is 10.1. The van der Waals surface area contributed by atoms with Gasteiger partial charge in [0.25, 0.3) is 0 Å². The largest absolute Gasteiger partial charge is 0.479 e. The monoisotopic (exact) mass is 190 g/mol. The van der Waals surface area contributed by atoms with E-state index in [1.807, 2.05) is 0 Å². The van der Waals surface area contributed by atoms with Crippen molar-refractivity contribution in [3.63, 3.8) is 0 Å². The fourth-order valence-corrected chi connectivity index (χ4v) is 0.829. The van der Waals surface area contributed by atoms with Crippen molar-refractivity contribution in [3.05, 3.63) is 0 Å². The molecule has 0 aromatic heterocycles. The Morgan fingerprint density at radius 2 is 2.15 bits per heavy atom. The lowest BCUT2D eigenvalue weighted by Gasteiger charge is -2.12. The molecule has 0 aliphatic rings. The highest BCUT2D eigenvalue weighted by Crippen LogP contribution is 1.95. The number of unbranched alkanes of at least 4 members (excludes halogenated alkanes) is 1. The fourth-order valence-electron chi connectivity index (χ4n) is 0.829. The molecule has 1 unspecified atom stereocenters. The molecule has 0 heterocycles. The van der Waals surface area contributed by atoms with Gasteiger partial charge >= 0.3 is 5.97 Å². The van der Waals surface area contributed by atoms with Gasteiger partial charge in [0.15, 0.2) is 6.10 Å². The molecule has 0 bridgehead atoms. The van der Waals surface area contributed by atoms with Gasteiger partial charge in [0.2, 0.25) is 0 Å². The Labute approximate surface area is 78.8 Å². The number of rotatable bonds is 8. The molecule has 0 aromatic carbocycles. The van der Waals surface area contributed by atoms with Gasteiger partial charge in [-0.25, -0.2) is 4.79 Å². The van der Waals surface area contributed by atoms with E-state index in [4.69, 9.17) is 14.6 Å². The van der Waals surface area contributed by atoms with E-state index in [-0.39, 0.29) is 6.61 Å². The van der Waals surface area contributed by atoms with E-state index in [9.17, 15) is 4.79 Å². The van der Waals surface area contributed by atoms with Crippen LogP contribution < -0.4 is 0 Å². The third-order valence-electron chi connectivity index (χ3n) is 1.55. The maximum atomic E-state index is 10.5. The summed E-state index contributed by atoms with van der Waals surface area (Å²) < 4.78 is 10.1. The summed E-state index contributed by atoms with van der Waals surface area (Å²) in [5.74, 6) is -0.960. The topological polar surface area (TPSA) is 55.8 Å². The van der Waals surface area contributed by atoms with Gasteiger partial charge in [-0.05, 0) is 13.3 Å². The summed E-state index contributed by atoms with van der Waals surface area (Å²) >= 11 is 0. The molecule has 0 saturated carbocycles. The summed E-state index contributed by atoms with van der Waals surface area (Å²) in [4.78, 5) is 10.5. The minimum absolute atomic E-state index is 0.142. The SMILES string of the molecule is CCCCOCC(OCC)C(=O)O. The highest BCUT2D eigenvalue weighted by Gasteiger charge is 2.16. The average Bonchev–Trinajstić information content (AvgIpc) is 2.10. The number of aliphatic carboxylic acids is 1. The van der Waals surface area contributed by atoms with Crippen LogP contribution in [0, 0.1) is 0 Å². The third kappa shape index (κ3) is 6.54. The molecule has 0 spiro atoms. The quantitative estimate of drug-likeness (QED) is 0.586. The first-order chi connectivity index (χ1) is 6.22. The Morgan fingerprint density at radius 1 is 1.46 bits per heavy atom. The van der Waals surface area contributed by atoms with E-state index in [0.29, 0.717) is 13.2 Å². The summed E-state index contributed by atoms with van der Waals surface area (Å²) in [5, 5.41) is 8.66. The average molecular weight is 190 g/mol. The molecule has 0 aliphatic heterocycles. The predicted octanol–water partition coefficient (Wildman–Crippen LogP) is 1.29. The molecule has 1 atom stereocenters. The van der Waals surface area contributed by atoms with Gasteiger partial charge in [-0.15, -0.1) is 0 Å². The number of hydrogen-bond donors (Lipinski definition) is 1. The Morgan fingerprint density at radius 3 is 2.62 bits per heavy atom. The summed E-state index contributed by atoms with van der Waals surface area (Å²) in [7, 11) is 0. The second-order valence-corrected chi connectivity index (χ2v) is 2.71. The van der Waals surface area contributed by atoms with Gasteiger partial charge in [0.05, 0.1) is 6.61 Å². The molecule has 0 radical (unpaired) electrons. The minimum atomic E-state index is -0.960. The van der Waals surface area contributed by atoms with Gasteiger partial charge in [-0.3, -0.25) is 0 Å². The van der Waals surface area contributed by atoms with Crippen LogP contribution in [0.4, 0.5) is 0 Å². The van der Waals surface area contributed by atoms with Crippen LogP contribution in [0.25, 0.3) is 0 Å². The highest BCUT2D eigenvalue weighted by molar-refractivity contribution is 5.72. The summed E-state index contributed by atoms with van der Waals surface area (Å²) in [6.07, 6.45) is 1.19. The first-order valence-corrected chi connectivity index (χ1v) is 4.64. The van der Waals surface area contributed by atoms with E-state index >= 15 is 0 Å². The first kappa shape index (κ1) is 12.4. The van der Waals surface area contributed by atoms with E-state index in [1.54, 1.807) is 6.92 Å². The lowest BCUT2D eigenvalue weighted by atomic mass is 10.3. The fraction of sp³-hybridized carbons (Fsp3) is 0.889. The predicted molar refractivity (Wildman–Crippen MR) is 48.8 cm³/mol. The first-order valence-electron chi connectivity index (χ1n) is 4.64. The van der Waals surface area contributed by atoms with Crippen LogP contribution in [-0.4, -0.2) is 37.0 Å². The van der Waals surface area contributed by atoms with E-state index in [0.717, 1.165) is 12.8 Å². The highest BCUT2D eigenvalue weighted by atomic mass is 16.5. The molecule has 0 rings (SSSR count). The standard InChI is InChI=1S/C9H18O4/c1-3-5-6-12-7-8(9(10)11)13-4-2/h8H,3-7H2,1-2H3,(H,10,11). The van der Waals surface area contributed by atoms with Gasteiger partial charge in [0, 0.05) is 13.2 Å². The van der Waals surface area contributed by atoms with Gasteiger partial charge < -0.3 is 14.6 Å². The molecule has 13 heavy (non-hydrogen) atoms. The Hall–Kier alpha value is -0.610. The molecular weight excluding hydrogens is 172 g/mol. The number of carbonyl (C=O) groups is 1. The lowest BCUT2D eigenvalue weighted by Crippen LogP contribution is -2.29. The van der Waals surface area contributed by atoms with Crippen molar-refractivity contribution in [3.8, 4) is 0 Å². The van der Waals surface area contributed by atoms with Crippen molar-refractivity contribution in [1.82, 2.24) is 0 Å². The zero-order valence-corrected chi connectivity index (χ0v) is 8.28. The second kappa shape index (κ2) is 8.01. The maximum Gasteiger partial charge on any atom is 0.335 e. The van der Waals surface area contributed by atoms with Crippen molar-refractivity contribution in [1.29, 1.82) is 0 Å². The van der Waals surface area contributed by atoms with Crippen LogP contribution in [0.3, 0.4) is 0 Å². The molecule has 0 aromatic rings. The third-order valence-corrected chi connectivity index (χ3v) is 1.55. The van der Waals surface area contributed by atoms with Crippen LogP contribution >= 0.6 is 0 Å². The van der Waals surface area contributed by atoms with Crippen LogP contribution in [0.2, 0.25) is 0 Å². The number of hydrogen-bond acceptors (Lipinski definition) is 3. The Kier molecular flexibility index (Phi) is 7.63. The molecular formula is C9H18O4. The van der Waals surface area contributed by atoms with Crippen molar-refractivity contribution >= 4 is 5.97 Å². The van der Waals surface area contributed by atoms with Crippen LogP contribution in [-0.2, 0) is 14.3 Å². The maximum absolute atomic E-state index is 10.5. The van der Waals surface area contributed by atoms with E-state index in [1.165, 1.54) is 0 Å². The van der Waals surface area contributed by atoms with Crippen molar-refractivity contribution in [2.45, 2.75) is 32.8 Å². The van der Waals surface area contributed by atoms with E-state index in [2.05, 4.69) is 6.92 Å². The van der Waals surface area contributed by atoms with Crippen LogP contribution in [0.5, 0.6) is 0 Å². The summed E-state index contributed by atoms with van der Waals surface area (Å²) in [6, 6.07) is 0. The second-order valence-electron chi connectivity index (χ2n) is 2.71. The van der Waals surface area contributed by atoms with E-state index < -0.39 is 12.1 Å². The van der Waals surface area contributed by atoms with Crippen LogP contribution in [0.1, 0.15) is 26.7 Å². The normalized spacial score (nSPS) is 12.8. The van der Waals surface area contributed by atoms with Crippen molar-refractivity contribution in [2.75, 3.05) is 19.8 Å². The van der Waals surface area contributed by atoms with Gasteiger partial charge in [-0.1, -0.05) is 13.3 Å². The minimum Gasteiger partial charge on any atom is -0.479 e. The molecule has 0 fully saturated rings. The molecule has 78 valence electrons. The lowest BCUT2D eigenvalue weighted by molar-refractivity contribution is -0.154. The van der Waals surface area contributed by atoms with Crippen molar-refractivity contribution < 1.29 is 19.4 Å². The van der Waals surface area contributed by atoms with Gasteiger partial charge in [0.1, 0.15) is 0 Å². The molecule has 0 saturated heterocycles. The summed E-state index contributed by atoms with van der Waals surface area (Å²) in [5.41, 5.74) is 0. The summed E-state index contributed by atoms with van der Waals surface area (Å²) in [6.45, 7) is 4.97. The Balaban J connectivity index is 3.51. The van der Waals surface area contributed by atoms with Crippen LogP contribution in [0.15, 0.2) is 0 Å². The number of ether oxygens (including phenoxy) is 2. The Bertz CT molecular complexity index is 136. The molecule has 4 nitrogen and oxygen atoms in total. The molecule has 1 N–H and O–H groups in total. The molecule has 4 heteroatoms. The number of carboxylic acid groups (broad SMARTS) is 1. The molecule has 0 aliphatic carbocycles. The zero-order valence-electron chi connectivity index (χ0n) is 8.28.